The molecule has 1 aliphatic rings. The summed E-state index contributed by atoms with van der Waals surface area (Å²) in [5.74, 6) is 1.04. The zero-order valence-electron chi connectivity index (χ0n) is 11.2. The molecule has 0 amide bonds. The number of nitrogens with one attached hydrogen (secondary N) is 1. The summed E-state index contributed by atoms with van der Waals surface area (Å²) in [4.78, 5) is 0. The second-order valence-corrected chi connectivity index (χ2v) is 4.88. The molecule has 98 valence electrons. The van der Waals surface area contributed by atoms with Crippen molar-refractivity contribution < 1.29 is 4.74 Å². The van der Waals surface area contributed by atoms with Crippen LogP contribution in [0.2, 0.25) is 0 Å². The summed E-state index contributed by atoms with van der Waals surface area (Å²) in [6, 6.07) is 17.4. The summed E-state index contributed by atoms with van der Waals surface area (Å²) in [6.45, 7) is 3.67. The Morgan fingerprint density at radius 2 is 1.95 bits per heavy atom. The minimum absolute atomic E-state index is 0.385. The van der Waals surface area contributed by atoms with Gasteiger partial charge in [0, 0.05) is 18.2 Å². The number of hydrogen-bond acceptors (Lipinski definition) is 2. The van der Waals surface area contributed by atoms with Crippen LogP contribution < -0.4 is 10.1 Å². The third-order valence-electron chi connectivity index (χ3n) is 3.68. The maximum atomic E-state index is 5.76. The van der Waals surface area contributed by atoms with Crippen LogP contribution in [0.3, 0.4) is 0 Å². The van der Waals surface area contributed by atoms with Gasteiger partial charge < -0.3 is 10.1 Å². The van der Waals surface area contributed by atoms with E-state index in [1.54, 1.807) is 0 Å². The summed E-state index contributed by atoms with van der Waals surface area (Å²) >= 11 is 0. The highest BCUT2D eigenvalue weighted by Gasteiger charge is 2.21. The van der Waals surface area contributed by atoms with E-state index in [-0.39, 0.29) is 0 Å². The molecule has 0 aromatic heterocycles. The molecule has 0 aliphatic carbocycles. The first-order valence-electron chi connectivity index (χ1n) is 6.90. The predicted molar refractivity (Wildman–Crippen MR) is 77.3 cm³/mol. The summed E-state index contributed by atoms with van der Waals surface area (Å²) in [6.07, 6.45) is 0.996. The van der Waals surface area contributed by atoms with E-state index in [1.165, 1.54) is 16.7 Å². The highest BCUT2D eigenvalue weighted by atomic mass is 16.5. The molecule has 1 unspecified atom stereocenters. The Morgan fingerprint density at radius 3 is 2.74 bits per heavy atom. The molecule has 2 heteroatoms. The van der Waals surface area contributed by atoms with Crippen molar-refractivity contribution in [3.63, 3.8) is 0 Å². The van der Waals surface area contributed by atoms with Gasteiger partial charge in [0.2, 0.25) is 0 Å². The van der Waals surface area contributed by atoms with Crippen LogP contribution in [0.4, 0.5) is 0 Å². The lowest BCUT2D eigenvalue weighted by Gasteiger charge is -2.28. The molecule has 1 heterocycles. The molecule has 19 heavy (non-hydrogen) atoms. The zero-order valence-corrected chi connectivity index (χ0v) is 11.2. The molecular weight excluding hydrogens is 234 g/mol. The molecule has 0 spiro atoms. The van der Waals surface area contributed by atoms with E-state index in [1.807, 2.05) is 6.92 Å². The van der Waals surface area contributed by atoms with Gasteiger partial charge in [0.25, 0.3) is 0 Å². The number of hydrogen-bond donors (Lipinski definition) is 1. The lowest BCUT2D eigenvalue weighted by atomic mass is 9.91. The average Bonchev–Trinajstić information content (AvgIpc) is 2.48. The molecule has 0 saturated carbocycles. The smallest absolute Gasteiger partial charge is 0.122 e. The van der Waals surface area contributed by atoms with Gasteiger partial charge in [-0.25, -0.2) is 0 Å². The van der Waals surface area contributed by atoms with Crippen LogP contribution in [-0.4, -0.2) is 6.61 Å². The highest BCUT2D eigenvalue weighted by molar-refractivity contribution is 5.43. The van der Waals surface area contributed by atoms with Crippen molar-refractivity contribution in [3.8, 4) is 5.75 Å². The maximum absolute atomic E-state index is 5.76. The standard InChI is InChI=1S/C17H19NO/c1-2-19-17-10-6-9-14-12-18-16(11-15(14)17)13-7-4-3-5-8-13/h3-10,16,18H,2,11-12H2,1H3. The molecule has 1 aliphatic heterocycles. The molecule has 2 aromatic rings. The number of benzene rings is 2. The van der Waals surface area contributed by atoms with Gasteiger partial charge >= 0.3 is 0 Å². The van der Waals surface area contributed by atoms with Crippen LogP contribution >= 0.6 is 0 Å². The highest BCUT2D eigenvalue weighted by Crippen LogP contribution is 2.32. The van der Waals surface area contributed by atoms with E-state index in [9.17, 15) is 0 Å². The van der Waals surface area contributed by atoms with E-state index in [0.29, 0.717) is 6.04 Å². The first kappa shape index (κ1) is 12.2. The SMILES string of the molecule is CCOc1cccc2c1CC(c1ccccc1)NC2. The molecule has 3 rings (SSSR count). The van der Waals surface area contributed by atoms with E-state index in [2.05, 4.69) is 53.8 Å². The quantitative estimate of drug-likeness (QED) is 0.904. The van der Waals surface area contributed by atoms with Gasteiger partial charge in [-0.05, 0) is 30.5 Å². The van der Waals surface area contributed by atoms with Crippen LogP contribution in [0.1, 0.15) is 29.7 Å². The molecule has 2 aromatic carbocycles. The average molecular weight is 253 g/mol. The first-order valence-corrected chi connectivity index (χ1v) is 6.90. The fourth-order valence-corrected chi connectivity index (χ4v) is 2.73. The lowest BCUT2D eigenvalue weighted by Crippen LogP contribution is -2.28. The second kappa shape index (κ2) is 5.45. The predicted octanol–water partition coefficient (Wildman–Crippen LogP) is 3.47. The van der Waals surface area contributed by atoms with Crippen molar-refractivity contribution >= 4 is 0 Å². The fourth-order valence-electron chi connectivity index (χ4n) is 2.73. The summed E-state index contributed by atoms with van der Waals surface area (Å²) < 4.78 is 5.76. The minimum Gasteiger partial charge on any atom is -0.494 e. The summed E-state index contributed by atoms with van der Waals surface area (Å²) in [5, 5.41) is 3.61. The second-order valence-electron chi connectivity index (χ2n) is 4.88. The van der Waals surface area contributed by atoms with Gasteiger partial charge in [0.1, 0.15) is 5.75 Å². The molecule has 1 atom stereocenters. The lowest BCUT2D eigenvalue weighted by molar-refractivity contribution is 0.331. The van der Waals surface area contributed by atoms with Crippen molar-refractivity contribution in [2.24, 2.45) is 0 Å². The topological polar surface area (TPSA) is 21.3 Å². The minimum atomic E-state index is 0.385. The molecule has 0 bridgehead atoms. The van der Waals surface area contributed by atoms with Crippen molar-refractivity contribution in [1.29, 1.82) is 0 Å². The Labute approximate surface area is 114 Å². The zero-order chi connectivity index (χ0) is 13.1. The van der Waals surface area contributed by atoms with Crippen molar-refractivity contribution in [2.75, 3.05) is 6.61 Å². The van der Waals surface area contributed by atoms with E-state index >= 15 is 0 Å². The monoisotopic (exact) mass is 253 g/mol. The van der Waals surface area contributed by atoms with Crippen LogP contribution in [0.5, 0.6) is 5.75 Å². The summed E-state index contributed by atoms with van der Waals surface area (Å²) in [5.41, 5.74) is 4.06. The van der Waals surface area contributed by atoms with Crippen LogP contribution in [0, 0.1) is 0 Å². The first-order chi connectivity index (χ1) is 9.38. The Bertz CT molecular complexity index is 550. The molecule has 0 radical (unpaired) electrons. The maximum Gasteiger partial charge on any atom is 0.122 e. The molecule has 0 saturated heterocycles. The van der Waals surface area contributed by atoms with Gasteiger partial charge in [-0.3, -0.25) is 0 Å². The third kappa shape index (κ3) is 2.49. The number of fused-ring (bicyclic) bond motifs is 1. The van der Waals surface area contributed by atoms with E-state index < -0.39 is 0 Å². The normalized spacial score (nSPS) is 17.8. The van der Waals surface area contributed by atoms with Crippen LogP contribution in [-0.2, 0) is 13.0 Å². The third-order valence-corrected chi connectivity index (χ3v) is 3.68. The number of ether oxygens (including phenoxy) is 1. The molecule has 0 fully saturated rings. The van der Waals surface area contributed by atoms with Crippen molar-refractivity contribution in [2.45, 2.75) is 25.9 Å². The molecule has 1 N–H and O–H groups in total. The van der Waals surface area contributed by atoms with Gasteiger partial charge in [-0.1, -0.05) is 42.5 Å². The largest absolute Gasteiger partial charge is 0.494 e. The fraction of sp³-hybridized carbons (Fsp3) is 0.294. The van der Waals surface area contributed by atoms with Gasteiger partial charge in [0.05, 0.1) is 6.61 Å². The van der Waals surface area contributed by atoms with Gasteiger partial charge in [-0.15, -0.1) is 0 Å². The van der Waals surface area contributed by atoms with Gasteiger partial charge in [-0.2, -0.15) is 0 Å². The Hall–Kier alpha value is -1.80. The number of rotatable bonds is 3. The van der Waals surface area contributed by atoms with E-state index in [0.717, 1.165) is 25.3 Å². The Balaban J connectivity index is 1.90. The molecule has 2 nitrogen and oxygen atoms in total. The van der Waals surface area contributed by atoms with Gasteiger partial charge in [0.15, 0.2) is 0 Å². The van der Waals surface area contributed by atoms with Crippen molar-refractivity contribution in [1.82, 2.24) is 5.32 Å². The van der Waals surface area contributed by atoms with Crippen molar-refractivity contribution in [3.05, 3.63) is 65.2 Å². The Kier molecular flexibility index (Phi) is 3.51. The summed E-state index contributed by atoms with van der Waals surface area (Å²) in [7, 11) is 0. The molecular formula is C17H19NO. The van der Waals surface area contributed by atoms with Crippen LogP contribution in [0.15, 0.2) is 48.5 Å². The van der Waals surface area contributed by atoms with Crippen LogP contribution in [0.25, 0.3) is 0 Å². The Morgan fingerprint density at radius 1 is 1.11 bits per heavy atom. The van der Waals surface area contributed by atoms with E-state index in [4.69, 9.17) is 4.74 Å².